The number of carbonyl (C=O) groups is 3. The van der Waals surface area contributed by atoms with E-state index in [9.17, 15) is 27.6 Å². The summed E-state index contributed by atoms with van der Waals surface area (Å²) in [5.41, 5.74) is 11.8. The maximum atomic E-state index is 12.8. The second kappa shape index (κ2) is 10.8. The van der Waals surface area contributed by atoms with Crippen LogP contribution in [0, 0.1) is 5.92 Å². The van der Waals surface area contributed by atoms with Gasteiger partial charge < -0.3 is 16.8 Å². The van der Waals surface area contributed by atoms with Crippen LogP contribution >= 0.6 is 0 Å². The molecule has 7 nitrogen and oxygen atoms in total. The minimum Gasteiger partial charge on any atom is -0.366 e. The molecule has 0 aliphatic carbocycles. The van der Waals surface area contributed by atoms with Gasteiger partial charge in [-0.15, -0.1) is 0 Å². The molecule has 10 heteroatoms. The number of nitrogens with two attached hydrogens (primary N) is 2. The molecule has 2 aromatic rings. The predicted molar refractivity (Wildman–Crippen MR) is 120 cm³/mol. The lowest BCUT2D eigenvalue weighted by molar-refractivity contribution is -0.137. The Balaban J connectivity index is 1.47. The van der Waals surface area contributed by atoms with Gasteiger partial charge in [0.15, 0.2) is 5.78 Å². The number of Topliss-reactive ketones (excluding diaryl/α,β-unsaturated/α-hetero) is 1. The van der Waals surface area contributed by atoms with Crippen LogP contribution in [0.1, 0.15) is 44.7 Å². The third-order valence-electron chi connectivity index (χ3n) is 6.00. The Morgan fingerprint density at radius 1 is 1.03 bits per heavy atom. The van der Waals surface area contributed by atoms with Gasteiger partial charge in [-0.05, 0) is 67.7 Å². The van der Waals surface area contributed by atoms with Crippen LogP contribution in [0.15, 0.2) is 48.5 Å². The fraction of sp³-hybridized carbons (Fsp3) is 0.375. The number of piperidine rings is 1. The maximum Gasteiger partial charge on any atom is 0.416 e. The van der Waals surface area contributed by atoms with Crippen molar-refractivity contribution < 1.29 is 27.6 Å². The highest BCUT2D eigenvalue weighted by Gasteiger charge is 2.31. The Labute approximate surface area is 195 Å². The third kappa shape index (κ3) is 6.64. The third-order valence-corrected chi connectivity index (χ3v) is 6.00. The number of hydrogen-bond acceptors (Lipinski definition) is 5. The van der Waals surface area contributed by atoms with E-state index in [-0.39, 0.29) is 23.8 Å². The molecule has 34 heavy (non-hydrogen) atoms. The van der Waals surface area contributed by atoms with E-state index in [1.165, 1.54) is 6.07 Å². The molecule has 0 bridgehead atoms. The first-order valence-electron chi connectivity index (χ1n) is 10.9. The van der Waals surface area contributed by atoms with Crippen LogP contribution in [0.5, 0.6) is 0 Å². The first-order valence-corrected chi connectivity index (χ1v) is 10.9. The van der Waals surface area contributed by atoms with Crippen LogP contribution in [-0.4, -0.2) is 48.2 Å². The van der Waals surface area contributed by atoms with Crippen LogP contribution in [-0.2, 0) is 17.5 Å². The second-order valence-corrected chi connectivity index (χ2v) is 8.43. The Morgan fingerprint density at radius 3 is 2.32 bits per heavy atom. The number of alkyl halides is 3. The molecule has 1 aliphatic rings. The molecule has 1 saturated heterocycles. The zero-order chi connectivity index (χ0) is 24.9. The fourth-order valence-corrected chi connectivity index (χ4v) is 4.04. The lowest BCUT2D eigenvalue weighted by Gasteiger charge is -2.34. The van der Waals surface area contributed by atoms with Gasteiger partial charge >= 0.3 is 6.18 Å². The van der Waals surface area contributed by atoms with E-state index in [2.05, 4.69) is 10.2 Å². The largest absolute Gasteiger partial charge is 0.416 e. The molecule has 0 aromatic heterocycles. The Bertz CT molecular complexity index is 1050. The van der Waals surface area contributed by atoms with Crippen LogP contribution in [0.4, 0.5) is 13.2 Å². The van der Waals surface area contributed by atoms with E-state index in [0.717, 1.165) is 23.8 Å². The highest BCUT2D eigenvalue weighted by Crippen LogP contribution is 2.29. The maximum absolute atomic E-state index is 12.8. The van der Waals surface area contributed by atoms with Gasteiger partial charge in [0, 0.05) is 17.7 Å². The minimum absolute atomic E-state index is 0.0637. The van der Waals surface area contributed by atoms with Crippen molar-refractivity contribution in [3.8, 4) is 0 Å². The molecule has 1 heterocycles. The van der Waals surface area contributed by atoms with Gasteiger partial charge in [-0.2, -0.15) is 13.2 Å². The first kappa shape index (κ1) is 25.4. The van der Waals surface area contributed by atoms with Crippen molar-refractivity contribution >= 4 is 17.6 Å². The smallest absolute Gasteiger partial charge is 0.366 e. The van der Waals surface area contributed by atoms with Crippen LogP contribution in [0.25, 0.3) is 0 Å². The van der Waals surface area contributed by atoms with Gasteiger partial charge in [-0.3, -0.25) is 19.3 Å². The molecule has 0 saturated carbocycles. The standard InChI is InChI=1S/C24H27F3N4O3/c25-24(26,27)19-6-2-5-18(12-19)23(34)30-13-20(32)21(28)16-7-9-31(10-8-16)14-15-3-1-4-17(11-15)22(29)33/h1-6,11-12,16,21H,7-10,13-14,28H2,(H2,29,33)(H,30,34). The number of nitrogens with one attached hydrogen (secondary N) is 1. The molecule has 3 rings (SSSR count). The molecule has 2 aromatic carbocycles. The van der Waals surface area contributed by atoms with Gasteiger partial charge in [0.1, 0.15) is 0 Å². The van der Waals surface area contributed by atoms with E-state index < -0.39 is 29.6 Å². The van der Waals surface area contributed by atoms with Crippen LogP contribution < -0.4 is 16.8 Å². The minimum atomic E-state index is -4.56. The molecule has 2 amide bonds. The van der Waals surface area contributed by atoms with E-state index >= 15 is 0 Å². The SMILES string of the molecule is NC(=O)c1cccc(CN2CCC(C(N)C(=O)CNC(=O)c3cccc(C(F)(F)F)c3)CC2)c1. The zero-order valence-electron chi connectivity index (χ0n) is 18.5. The number of ketones is 1. The summed E-state index contributed by atoms with van der Waals surface area (Å²) in [6, 6.07) is 10.4. The number of amides is 2. The normalized spacial score (nSPS) is 16.1. The summed E-state index contributed by atoms with van der Waals surface area (Å²) in [6.07, 6.45) is -3.19. The van der Waals surface area contributed by atoms with Gasteiger partial charge in [-0.25, -0.2) is 0 Å². The second-order valence-electron chi connectivity index (χ2n) is 8.43. The summed E-state index contributed by atoms with van der Waals surface area (Å²) in [5, 5.41) is 2.37. The van der Waals surface area contributed by atoms with Crippen LogP contribution in [0.3, 0.4) is 0 Å². The number of nitrogens with zero attached hydrogens (tertiary/aromatic N) is 1. The molecule has 182 valence electrons. The quantitative estimate of drug-likeness (QED) is 0.541. The van der Waals surface area contributed by atoms with E-state index in [4.69, 9.17) is 11.5 Å². The number of likely N-dealkylation sites (tertiary alicyclic amines) is 1. The first-order chi connectivity index (χ1) is 16.0. The Kier molecular flexibility index (Phi) is 8.06. The van der Waals surface area contributed by atoms with Crippen molar-refractivity contribution in [1.29, 1.82) is 0 Å². The lowest BCUT2D eigenvalue weighted by atomic mass is 9.87. The predicted octanol–water partition coefficient (Wildman–Crippen LogP) is 2.34. The summed E-state index contributed by atoms with van der Waals surface area (Å²) in [7, 11) is 0. The summed E-state index contributed by atoms with van der Waals surface area (Å²) in [5.74, 6) is -1.68. The van der Waals surface area contributed by atoms with Crippen LogP contribution in [0.2, 0.25) is 0 Å². The summed E-state index contributed by atoms with van der Waals surface area (Å²) < 4.78 is 38.5. The fourth-order valence-electron chi connectivity index (χ4n) is 4.04. The van der Waals surface area contributed by atoms with Gasteiger partial charge in [0.25, 0.3) is 5.91 Å². The molecule has 0 radical (unpaired) electrons. The molecular formula is C24H27F3N4O3. The number of carbonyl (C=O) groups excluding carboxylic acids is 3. The highest BCUT2D eigenvalue weighted by atomic mass is 19.4. The summed E-state index contributed by atoms with van der Waals surface area (Å²) in [6.45, 7) is 1.71. The van der Waals surface area contributed by atoms with E-state index in [0.29, 0.717) is 38.0 Å². The monoisotopic (exact) mass is 476 g/mol. The van der Waals surface area contributed by atoms with Crippen molar-refractivity contribution in [3.63, 3.8) is 0 Å². The molecule has 1 fully saturated rings. The lowest BCUT2D eigenvalue weighted by Crippen LogP contribution is -2.47. The summed E-state index contributed by atoms with van der Waals surface area (Å²) in [4.78, 5) is 38.3. The average Bonchev–Trinajstić information content (AvgIpc) is 2.82. The van der Waals surface area contributed by atoms with Gasteiger partial charge in [0.05, 0.1) is 18.2 Å². The van der Waals surface area contributed by atoms with Crippen molar-refractivity contribution in [3.05, 3.63) is 70.8 Å². The molecular weight excluding hydrogens is 449 g/mol. The van der Waals surface area contributed by atoms with E-state index in [1.807, 2.05) is 6.07 Å². The zero-order valence-corrected chi connectivity index (χ0v) is 18.5. The molecule has 1 aliphatic heterocycles. The van der Waals surface area contributed by atoms with Gasteiger partial charge in [-0.1, -0.05) is 18.2 Å². The Hall–Kier alpha value is -3.24. The van der Waals surface area contributed by atoms with Gasteiger partial charge in [0.2, 0.25) is 5.91 Å². The van der Waals surface area contributed by atoms with E-state index in [1.54, 1.807) is 18.2 Å². The number of rotatable bonds is 8. The molecule has 5 N–H and O–H groups in total. The molecule has 0 spiro atoms. The average molecular weight is 476 g/mol. The van der Waals surface area contributed by atoms with Crippen molar-refractivity contribution in [2.24, 2.45) is 17.4 Å². The number of halogens is 3. The van der Waals surface area contributed by atoms with Crippen molar-refractivity contribution in [1.82, 2.24) is 10.2 Å². The Morgan fingerprint density at radius 2 is 1.68 bits per heavy atom. The molecule has 1 atom stereocenters. The number of benzene rings is 2. The van der Waals surface area contributed by atoms with Crippen molar-refractivity contribution in [2.75, 3.05) is 19.6 Å². The molecule has 1 unspecified atom stereocenters. The highest BCUT2D eigenvalue weighted by molar-refractivity contribution is 5.97. The summed E-state index contributed by atoms with van der Waals surface area (Å²) >= 11 is 0. The number of primary amides is 1. The van der Waals surface area contributed by atoms with Crippen molar-refractivity contribution in [2.45, 2.75) is 31.6 Å². The topological polar surface area (TPSA) is 119 Å². The number of hydrogen-bond donors (Lipinski definition) is 3.